The standard InChI is InChI=1S/C10H10BrClO2/c1-6(2)5-14-9-4-7(11)3-8(12)10(9)13/h3-5,13H,1-2H3. The molecule has 1 N–H and O–H groups in total. The second kappa shape index (κ2) is 4.71. The Balaban J connectivity index is 3.02. The van der Waals surface area contributed by atoms with E-state index < -0.39 is 0 Å². The van der Waals surface area contributed by atoms with Gasteiger partial charge in [-0.15, -0.1) is 0 Å². The monoisotopic (exact) mass is 276 g/mol. The molecule has 0 bridgehead atoms. The Kier molecular flexibility index (Phi) is 3.84. The van der Waals surface area contributed by atoms with Crippen LogP contribution in [0.1, 0.15) is 13.8 Å². The first-order valence-corrected chi connectivity index (χ1v) is 5.16. The van der Waals surface area contributed by atoms with Crippen LogP contribution in [0.25, 0.3) is 0 Å². The van der Waals surface area contributed by atoms with E-state index in [1.54, 1.807) is 18.4 Å². The summed E-state index contributed by atoms with van der Waals surface area (Å²) in [5.74, 6) is 0.290. The summed E-state index contributed by atoms with van der Waals surface area (Å²) < 4.78 is 5.99. The number of aromatic hydroxyl groups is 1. The minimum atomic E-state index is -0.0487. The summed E-state index contributed by atoms with van der Waals surface area (Å²) in [7, 11) is 0. The van der Waals surface area contributed by atoms with Gasteiger partial charge >= 0.3 is 0 Å². The van der Waals surface area contributed by atoms with Crippen molar-refractivity contribution in [1.29, 1.82) is 0 Å². The largest absolute Gasteiger partial charge is 0.503 e. The molecule has 0 unspecified atom stereocenters. The van der Waals surface area contributed by atoms with E-state index in [1.165, 1.54) is 0 Å². The predicted molar refractivity (Wildman–Crippen MR) is 60.9 cm³/mol. The zero-order valence-corrected chi connectivity index (χ0v) is 10.2. The number of benzene rings is 1. The SMILES string of the molecule is CC(C)=COc1cc(Br)cc(Cl)c1O. The summed E-state index contributed by atoms with van der Waals surface area (Å²) in [6, 6.07) is 3.26. The molecular formula is C10H10BrClO2. The van der Waals surface area contributed by atoms with E-state index in [0.29, 0.717) is 5.75 Å². The van der Waals surface area contributed by atoms with Gasteiger partial charge in [0.25, 0.3) is 0 Å². The zero-order chi connectivity index (χ0) is 10.7. The molecule has 0 aliphatic carbocycles. The number of rotatable bonds is 2. The van der Waals surface area contributed by atoms with E-state index in [0.717, 1.165) is 10.0 Å². The van der Waals surface area contributed by atoms with Crippen molar-refractivity contribution in [3.8, 4) is 11.5 Å². The third-order valence-electron chi connectivity index (χ3n) is 1.41. The molecule has 0 aliphatic heterocycles. The second-order valence-electron chi connectivity index (χ2n) is 3.05. The number of phenols is 1. The van der Waals surface area contributed by atoms with E-state index in [1.807, 2.05) is 13.8 Å². The molecule has 76 valence electrons. The predicted octanol–water partition coefficient (Wildman–Crippen LogP) is 4.11. The molecule has 0 saturated heterocycles. The van der Waals surface area contributed by atoms with Crippen molar-refractivity contribution >= 4 is 27.5 Å². The molecule has 0 radical (unpaired) electrons. The van der Waals surface area contributed by atoms with Crippen molar-refractivity contribution in [3.63, 3.8) is 0 Å². The molecule has 0 spiro atoms. The van der Waals surface area contributed by atoms with E-state index in [2.05, 4.69) is 15.9 Å². The molecule has 4 heteroatoms. The lowest BCUT2D eigenvalue weighted by molar-refractivity contribution is 0.408. The fourth-order valence-corrected chi connectivity index (χ4v) is 1.59. The van der Waals surface area contributed by atoms with Crippen molar-refractivity contribution in [2.45, 2.75) is 13.8 Å². The molecular weight excluding hydrogens is 267 g/mol. The number of ether oxygens (including phenoxy) is 1. The summed E-state index contributed by atoms with van der Waals surface area (Å²) in [5.41, 5.74) is 1.00. The Morgan fingerprint density at radius 1 is 1.50 bits per heavy atom. The van der Waals surface area contributed by atoms with Gasteiger partial charge in [-0.3, -0.25) is 0 Å². The molecule has 1 aromatic rings. The number of halogens is 2. The van der Waals surface area contributed by atoms with Crippen LogP contribution in [-0.2, 0) is 0 Å². The lowest BCUT2D eigenvalue weighted by atomic mass is 10.3. The van der Waals surface area contributed by atoms with Gasteiger partial charge in [0, 0.05) is 4.47 Å². The highest BCUT2D eigenvalue weighted by Crippen LogP contribution is 2.37. The number of phenolic OH excluding ortho intramolecular Hbond substituents is 1. The summed E-state index contributed by atoms with van der Waals surface area (Å²) in [6.07, 6.45) is 1.55. The maximum Gasteiger partial charge on any atom is 0.177 e. The molecule has 1 aromatic carbocycles. The molecule has 0 heterocycles. The van der Waals surface area contributed by atoms with Crippen LogP contribution in [0.5, 0.6) is 11.5 Å². The van der Waals surface area contributed by atoms with Crippen LogP contribution in [-0.4, -0.2) is 5.11 Å². The van der Waals surface area contributed by atoms with Crippen molar-refractivity contribution in [2.75, 3.05) is 0 Å². The molecule has 0 saturated carbocycles. The number of hydrogen-bond acceptors (Lipinski definition) is 2. The third-order valence-corrected chi connectivity index (χ3v) is 2.16. The van der Waals surface area contributed by atoms with Crippen molar-refractivity contribution in [1.82, 2.24) is 0 Å². The average molecular weight is 278 g/mol. The maximum atomic E-state index is 9.53. The lowest BCUT2D eigenvalue weighted by Gasteiger charge is -2.06. The minimum Gasteiger partial charge on any atom is -0.503 e. The van der Waals surface area contributed by atoms with Gasteiger partial charge in [-0.05, 0) is 31.6 Å². The van der Waals surface area contributed by atoms with E-state index in [4.69, 9.17) is 16.3 Å². The molecule has 0 atom stereocenters. The van der Waals surface area contributed by atoms with Gasteiger partial charge in [-0.2, -0.15) is 0 Å². The molecule has 2 nitrogen and oxygen atoms in total. The van der Waals surface area contributed by atoms with E-state index in [-0.39, 0.29) is 10.8 Å². The quantitative estimate of drug-likeness (QED) is 0.824. The topological polar surface area (TPSA) is 29.5 Å². The Labute approximate surface area is 96.3 Å². The van der Waals surface area contributed by atoms with Crippen molar-refractivity contribution < 1.29 is 9.84 Å². The van der Waals surface area contributed by atoms with E-state index in [9.17, 15) is 5.11 Å². The summed E-state index contributed by atoms with van der Waals surface area (Å²) in [4.78, 5) is 0. The minimum absolute atomic E-state index is 0.0487. The summed E-state index contributed by atoms with van der Waals surface area (Å²) in [5, 5.41) is 9.79. The van der Waals surface area contributed by atoms with Crippen LogP contribution in [0.2, 0.25) is 5.02 Å². The summed E-state index contributed by atoms with van der Waals surface area (Å²) in [6.45, 7) is 3.80. The van der Waals surface area contributed by atoms with Gasteiger partial charge in [0.2, 0.25) is 0 Å². The molecule has 0 amide bonds. The highest BCUT2D eigenvalue weighted by Gasteiger charge is 2.07. The highest BCUT2D eigenvalue weighted by molar-refractivity contribution is 9.10. The van der Waals surface area contributed by atoms with Crippen LogP contribution in [0, 0.1) is 0 Å². The van der Waals surface area contributed by atoms with Crippen molar-refractivity contribution in [3.05, 3.63) is 33.5 Å². The van der Waals surface area contributed by atoms with Gasteiger partial charge in [0.05, 0.1) is 11.3 Å². The molecule has 0 aromatic heterocycles. The fraction of sp³-hybridized carbons (Fsp3) is 0.200. The maximum absolute atomic E-state index is 9.53. The first-order chi connectivity index (χ1) is 6.50. The lowest BCUT2D eigenvalue weighted by Crippen LogP contribution is -1.85. The molecule has 0 fully saturated rings. The zero-order valence-electron chi connectivity index (χ0n) is 7.84. The average Bonchev–Trinajstić information content (AvgIpc) is 2.08. The van der Waals surface area contributed by atoms with Crippen LogP contribution in [0.4, 0.5) is 0 Å². The normalized spacial score (nSPS) is 9.71. The van der Waals surface area contributed by atoms with Crippen molar-refractivity contribution in [2.24, 2.45) is 0 Å². The molecule has 1 rings (SSSR count). The third kappa shape index (κ3) is 2.93. The van der Waals surface area contributed by atoms with Gasteiger partial charge < -0.3 is 9.84 Å². The van der Waals surface area contributed by atoms with E-state index >= 15 is 0 Å². The Hall–Kier alpha value is -0.670. The van der Waals surface area contributed by atoms with Gasteiger partial charge in [-0.25, -0.2) is 0 Å². The van der Waals surface area contributed by atoms with Gasteiger partial charge in [0.1, 0.15) is 0 Å². The summed E-state index contributed by atoms with van der Waals surface area (Å²) >= 11 is 9.01. The van der Waals surface area contributed by atoms with Crippen LogP contribution >= 0.6 is 27.5 Å². The Morgan fingerprint density at radius 2 is 2.14 bits per heavy atom. The number of allylic oxidation sites excluding steroid dienone is 1. The smallest absolute Gasteiger partial charge is 0.177 e. The van der Waals surface area contributed by atoms with Crippen LogP contribution in [0.3, 0.4) is 0 Å². The Morgan fingerprint density at radius 3 is 2.71 bits per heavy atom. The van der Waals surface area contributed by atoms with Gasteiger partial charge in [-0.1, -0.05) is 27.5 Å². The Bertz CT molecular complexity index is 371. The number of hydrogen-bond donors (Lipinski definition) is 1. The highest BCUT2D eigenvalue weighted by atomic mass is 79.9. The first-order valence-electron chi connectivity index (χ1n) is 3.98. The fourth-order valence-electron chi connectivity index (χ4n) is 0.814. The molecule has 14 heavy (non-hydrogen) atoms. The first kappa shape index (κ1) is 11.4. The molecule has 0 aliphatic rings. The van der Waals surface area contributed by atoms with Crippen LogP contribution in [0.15, 0.2) is 28.4 Å². The van der Waals surface area contributed by atoms with Gasteiger partial charge in [0.15, 0.2) is 11.5 Å². The second-order valence-corrected chi connectivity index (χ2v) is 4.37. The van der Waals surface area contributed by atoms with Crippen LogP contribution < -0.4 is 4.74 Å².